The van der Waals surface area contributed by atoms with Crippen molar-refractivity contribution in [1.82, 2.24) is 15.2 Å². The predicted molar refractivity (Wildman–Crippen MR) is 120 cm³/mol. The number of guanidine groups is 1. The first-order chi connectivity index (χ1) is 12.3. The van der Waals surface area contributed by atoms with Crippen LogP contribution < -0.4 is 5.32 Å². The van der Waals surface area contributed by atoms with E-state index >= 15 is 0 Å². The van der Waals surface area contributed by atoms with Crippen LogP contribution in [0.25, 0.3) is 10.9 Å². The quantitative estimate of drug-likeness (QED) is 0.385. The molecule has 2 heterocycles. The van der Waals surface area contributed by atoms with E-state index in [9.17, 15) is 0 Å². The lowest BCUT2D eigenvalue weighted by Gasteiger charge is -2.26. The van der Waals surface area contributed by atoms with Crippen molar-refractivity contribution in [2.24, 2.45) is 10.9 Å². The third-order valence-corrected chi connectivity index (χ3v) is 5.14. The highest BCUT2D eigenvalue weighted by Gasteiger charge is 2.15. The fourth-order valence-corrected chi connectivity index (χ4v) is 3.55. The second kappa shape index (κ2) is 10.8. The lowest BCUT2D eigenvalue weighted by Crippen LogP contribution is -2.40. The van der Waals surface area contributed by atoms with E-state index in [0.29, 0.717) is 0 Å². The number of aliphatic imine (C=N–C) groups is 1. The molecular weight excluding hydrogens is 439 g/mol. The van der Waals surface area contributed by atoms with E-state index < -0.39 is 0 Å². The van der Waals surface area contributed by atoms with E-state index in [-0.39, 0.29) is 24.0 Å². The third-order valence-electron chi connectivity index (χ3n) is 5.14. The Morgan fingerprint density at radius 1 is 1.31 bits per heavy atom. The Labute approximate surface area is 173 Å². The third kappa shape index (κ3) is 5.61. The van der Waals surface area contributed by atoms with Crippen molar-refractivity contribution < 1.29 is 4.74 Å². The van der Waals surface area contributed by atoms with Gasteiger partial charge in [-0.15, -0.1) is 24.0 Å². The first kappa shape index (κ1) is 21.0. The molecule has 3 rings (SSSR count). The monoisotopic (exact) mass is 470 g/mol. The van der Waals surface area contributed by atoms with Gasteiger partial charge in [-0.1, -0.05) is 18.2 Å². The van der Waals surface area contributed by atoms with Gasteiger partial charge in [0.05, 0.1) is 0 Å². The van der Waals surface area contributed by atoms with Gasteiger partial charge in [-0.3, -0.25) is 4.99 Å². The minimum absolute atomic E-state index is 0. The summed E-state index contributed by atoms with van der Waals surface area (Å²) in [6, 6.07) is 8.46. The van der Waals surface area contributed by atoms with Crippen LogP contribution in [0.1, 0.15) is 24.8 Å². The van der Waals surface area contributed by atoms with Crippen LogP contribution in [0.2, 0.25) is 0 Å². The van der Waals surface area contributed by atoms with Crippen molar-refractivity contribution in [1.29, 1.82) is 0 Å². The molecule has 0 radical (unpaired) electrons. The summed E-state index contributed by atoms with van der Waals surface area (Å²) in [5, 5.41) is 4.81. The zero-order valence-corrected chi connectivity index (χ0v) is 18.2. The van der Waals surface area contributed by atoms with E-state index in [1.807, 2.05) is 7.05 Å². The Bertz CT molecular complexity index is 694. The van der Waals surface area contributed by atoms with E-state index in [0.717, 1.165) is 44.6 Å². The zero-order chi connectivity index (χ0) is 17.5. The number of rotatable bonds is 6. The van der Waals surface area contributed by atoms with Gasteiger partial charge in [0, 0.05) is 57.5 Å². The first-order valence-electron chi connectivity index (χ1n) is 9.32. The van der Waals surface area contributed by atoms with E-state index in [2.05, 4.69) is 57.7 Å². The number of aromatic nitrogens is 1. The Hall–Kier alpha value is -1.28. The minimum atomic E-state index is 0. The summed E-state index contributed by atoms with van der Waals surface area (Å²) in [7, 11) is 3.99. The number of H-pyrrole nitrogens is 1. The number of nitrogens with zero attached hydrogens (tertiary/aromatic N) is 2. The molecule has 0 unspecified atom stereocenters. The van der Waals surface area contributed by atoms with Crippen molar-refractivity contribution in [2.45, 2.75) is 25.7 Å². The maximum atomic E-state index is 5.44. The number of hydrogen-bond donors (Lipinski definition) is 2. The lowest BCUT2D eigenvalue weighted by molar-refractivity contribution is 0.0625. The maximum Gasteiger partial charge on any atom is 0.193 e. The Kier molecular flexibility index (Phi) is 8.71. The van der Waals surface area contributed by atoms with Crippen LogP contribution >= 0.6 is 24.0 Å². The van der Waals surface area contributed by atoms with Crippen molar-refractivity contribution in [2.75, 3.05) is 40.4 Å². The molecule has 1 aromatic carbocycles. The topological polar surface area (TPSA) is 52.7 Å². The summed E-state index contributed by atoms with van der Waals surface area (Å²) in [4.78, 5) is 10.0. The molecule has 1 aliphatic rings. The van der Waals surface area contributed by atoms with Gasteiger partial charge in [-0.05, 0) is 43.2 Å². The minimum Gasteiger partial charge on any atom is -0.381 e. The normalized spacial score (nSPS) is 15.7. The Balaban J connectivity index is 0.00000243. The molecule has 0 aliphatic carbocycles. The largest absolute Gasteiger partial charge is 0.381 e. The molecule has 144 valence electrons. The second-order valence-electron chi connectivity index (χ2n) is 6.85. The first-order valence-corrected chi connectivity index (χ1v) is 9.32. The van der Waals surface area contributed by atoms with Gasteiger partial charge in [-0.2, -0.15) is 0 Å². The summed E-state index contributed by atoms with van der Waals surface area (Å²) in [6.45, 7) is 3.77. The number of halogens is 1. The highest BCUT2D eigenvalue weighted by Crippen LogP contribution is 2.19. The highest BCUT2D eigenvalue weighted by atomic mass is 127. The SMILES string of the molecule is CN=C(NCCc1c[nH]c2ccccc12)N(C)CCC1CCOCC1.I. The van der Waals surface area contributed by atoms with Crippen LogP contribution in [0, 0.1) is 5.92 Å². The summed E-state index contributed by atoms with van der Waals surface area (Å²) < 4.78 is 5.44. The molecule has 0 bridgehead atoms. The fraction of sp³-hybridized carbons (Fsp3) is 0.550. The molecule has 2 aromatic rings. The molecule has 5 nitrogen and oxygen atoms in total. The smallest absolute Gasteiger partial charge is 0.193 e. The predicted octanol–water partition coefficient (Wildman–Crippen LogP) is 3.65. The molecule has 0 atom stereocenters. The maximum absolute atomic E-state index is 5.44. The Morgan fingerprint density at radius 3 is 2.85 bits per heavy atom. The van der Waals surface area contributed by atoms with Crippen LogP contribution in [-0.4, -0.2) is 56.2 Å². The van der Waals surface area contributed by atoms with Gasteiger partial charge in [0.1, 0.15) is 0 Å². The molecule has 1 aromatic heterocycles. The van der Waals surface area contributed by atoms with Gasteiger partial charge in [0.15, 0.2) is 5.96 Å². The van der Waals surface area contributed by atoms with E-state index in [1.165, 1.54) is 35.7 Å². The number of para-hydroxylation sites is 1. The standard InChI is InChI=1S/C20H30N4O.HI/c1-21-20(24(2)12-8-16-9-13-25-14-10-16)22-11-7-17-15-23-19-6-4-3-5-18(17)19;/h3-6,15-16,23H,7-14H2,1-2H3,(H,21,22);1H. The fourth-order valence-electron chi connectivity index (χ4n) is 3.55. The number of ether oxygens (including phenoxy) is 1. The number of aromatic amines is 1. The van der Waals surface area contributed by atoms with E-state index in [1.54, 1.807) is 0 Å². The molecular formula is C20H31IN4O. The van der Waals surface area contributed by atoms with Gasteiger partial charge >= 0.3 is 0 Å². The summed E-state index contributed by atoms with van der Waals surface area (Å²) in [5.74, 6) is 1.77. The summed E-state index contributed by atoms with van der Waals surface area (Å²) in [6.07, 6.45) is 6.70. The number of fused-ring (bicyclic) bond motifs is 1. The van der Waals surface area contributed by atoms with Gasteiger partial charge in [0.2, 0.25) is 0 Å². The second-order valence-corrected chi connectivity index (χ2v) is 6.85. The number of benzene rings is 1. The molecule has 26 heavy (non-hydrogen) atoms. The molecule has 0 amide bonds. The molecule has 0 spiro atoms. The zero-order valence-electron chi connectivity index (χ0n) is 15.8. The number of nitrogens with one attached hydrogen (secondary N) is 2. The molecule has 2 N–H and O–H groups in total. The van der Waals surface area contributed by atoms with E-state index in [4.69, 9.17) is 4.74 Å². The van der Waals surface area contributed by atoms with Crippen molar-refractivity contribution in [3.05, 3.63) is 36.0 Å². The lowest BCUT2D eigenvalue weighted by atomic mass is 9.96. The van der Waals surface area contributed by atoms with Crippen LogP contribution in [0.5, 0.6) is 0 Å². The van der Waals surface area contributed by atoms with Gasteiger partial charge in [-0.25, -0.2) is 0 Å². The molecule has 1 fully saturated rings. The van der Waals surface area contributed by atoms with Crippen molar-refractivity contribution in [3.8, 4) is 0 Å². The molecule has 1 aliphatic heterocycles. The van der Waals surface area contributed by atoms with Crippen LogP contribution in [0.15, 0.2) is 35.5 Å². The van der Waals surface area contributed by atoms with Crippen LogP contribution in [0.3, 0.4) is 0 Å². The summed E-state index contributed by atoms with van der Waals surface area (Å²) >= 11 is 0. The van der Waals surface area contributed by atoms with Crippen LogP contribution in [0.4, 0.5) is 0 Å². The molecule has 0 saturated carbocycles. The average molecular weight is 470 g/mol. The molecule has 1 saturated heterocycles. The number of hydrogen-bond acceptors (Lipinski definition) is 2. The molecule has 6 heteroatoms. The Morgan fingerprint density at radius 2 is 2.08 bits per heavy atom. The van der Waals surface area contributed by atoms with Gasteiger partial charge in [0.25, 0.3) is 0 Å². The average Bonchev–Trinajstić information content (AvgIpc) is 3.07. The van der Waals surface area contributed by atoms with Crippen molar-refractivity contribution >= 4 is 40.8 Å². The van der Waals surface area contributed by atoms with Crippen molar-refractivity contribution in [3.63, 3.8) is 0 Å². The van der Waals surface area contributed by atoms with Crippen LogP contribution in [-0.2, 0) is 11.2 Å². The van der Waals surface area contributed by atoms with Gasteiger partial charge < -0.3 is 19.9 Å². The highest BCUT2D eigenvalue weighted by molar-refractivity contribution is 14.0. The summed E-state index contributed by atoms with van der Waals surface area (Å²) in [5.41, 5.74) is 2.55.